The van der Waals surface area contributed by atoms with Crippen LogP contribution < -0.4 is 5.32 Å². The highest BCUT2D eigenvalue weighted by Crippen LogP contribution is 2.04. The smallest absolute Gasteiger partial charge is 0.253 e. The molecule has 0 spiro atoms. The molecule has 0 unspecified atom stereocenters. The van der Waals surface area contributed by atoms with Crippen LogP contribution in [0.4, 0.5) is 0 Å². The van der Waals surface area contributed by atoms with Gasteiger partial charge in [0, 0.05) is 11.1 Å². The van der Waals surface area contributed by atoms with Gasteiger partial charge in [-0.1, -0.05) is 26.5 Å². The summed E-state index contributed by atoms with van der Waals surface area (Å²) in [7, 11) is 0. The van der Waals surface area contributed by atoms with Gasteiger partial charge in [-0.3, -0.25) is 14.9 Å². The number of nitrogens with one attached hydrogen (secondary N) is 1. The van der Waals surface area contributed by atoms with Gasteiger partial charge in [-0.25, -0.2) is 0 Å². The zero-order valence-electron chi connectivity index (χ0n) is 8.85. The Labute approximate surface area is 84.9 Å². The Kier molecular flexibility index (Phi) is 5.53. The van der Waals surface area contributed by atoms with Crippen LogP contribution >= 0.6 is 0 Å². The Hall–Kier alpha value is -1.38. The van der Waals surface area contributed by atoms with E-state index in [0.29, 0.717) is 17.6 Å². The van der Waals surface area contributed by atoms with E-state index in [9.17, 15) is 9.59 Å². The van der Waals surface area contributed by atoms with Crippen LogP contribution in [0, 0.1) is 0 Å². The highest BCUT2D eigenvalue weighted by atomic mass is 16.2. The summed E-state index contributed by atoms with van der Waals surface area (Å²) in [5, 5.41) is 2.21. The minimum atomic E-state index is -0.437. The maximum atomic E-state index is 11.3. The summed E-state index contributed by atoms with van der Waals surface area (Å²) in [6.07, 6.45) is 2.54. The van der Waals surface area contributed by atoms with Gasteiger partial charge in [-0.15, -0.1) is 0 Å². The second-order valence-electron chi connectivity index (χ2n) is 3.27. The molecule has 3 nitrogen and oxygen atoms in total. The Balaban J connectivity index is 4.02. The van der Waals surface area contributed by atoms with Gasteiger partial charge in [0.1, 0.15) is 0 Å². The van der Waals surface area contributed by atoms with Gasteiger partial charge in [0.25, 0.3) is 11.8 Å². The molecule has 0 radical (unpaired) electrons. The summed E-state index contributed by atoms with van der Waals surface area (Å²) in [6.45, 7) is 10.6. The third kappa shape index (κ3) is 4.60. The lowest BCUT2D eigenvalue weighted by molar-refractivity contribution is -0.126. The number of unbranched alkanes of at least 4 members (excludes halogenated alkanes) is 1. The molecule has 14 heavy (non-hydrogen) atoms. The molecule has 0 aromatic rings. The number of imide groups is 1. The molecule has 0 aromatic heterocycles. The molecular formula is C11H17NO2. The molecule has 0 aliphatic carbocycles. The normalized spacial score (nSPS) is 9.29. The number of rotatable bonds is 5. The van der Waals surface area contributed by atoms with E-state index in [1.54, 1.807) is 6.92 Å². The Morgan fingerprint density at radius 2 is 1.79 bits per heavy atom. The Bertz CT molecular complexity index is 266. The van der Waals surface area contributed by atoms with E-state index >= 15 is 0 Å². The standard InChI is InChI=1S/C11H17NO2/c1-5-6-7-9(4)11(14)12-10(13)8(2)3/h2,4-7H2,1,3H3,(H,12,13,14). The fraction of sp³-hybridized carbons (Fsp3) is 0.455. The summed E-state index contributed by atoms with van der Waals surface area (Å²) >= 11 is 0. The maximum absolute atomic E-state index is 11.3. The Morgan fingerprint density at radius 3 is 2.21 bits per heavy atom. The van der Waals surface area contributed by atoms with Crippen molar-refractivity contribution in [2.45, 2.75) is 33.1 Å². The summed E-state index contributed by atoms with van der Waals surface area (Å²) in [5.74, 6) is -0.834. The number of hydrogen-bond donors (Lipinski definition) is 1. The van der Waals surface area contributed by atoms with Crippen LogP contribution in [0.1, 0.15) is 33.1 Å². The molecule has 2 amide bonds. The summed E-state index contributed by atoms with van der Waals surface area (Å²) in [5.41, 5.74) is 0.767. The highest BCUT2D eigenvalue weighted by Gasteiger charge is 2.10. The molecule has 3 heteroatoms. The van der Waals surface area contributed by atoms with Gasteiger partial charge in [0.05, 0.1) is 0 Å². The summed E-state index contributed by atoms with van der Waals surface area (Å²) < 4.78 is 0. The average Bonchev–Trinajstić information content (AvgIpc) is 2.13. The molecule has 0 bridgehead atoms. The van der Waals surface area contributed by atoms with Gasteiger partial charge in [0.2, 0.25) is 0 Å². The summed E-state index contributed by atoms with van der Waals surface area (Å²) in [4.78, 5) is 22.4. The van der Waals surface area contributed by atoms with E-state index in [1.807, 2.05) is 6.92 Å². The average molecular weight is 195 g/mol. The number of hydrogen-bond acceptors (Lipinski definition) is 2. The van der Waals surface area contributed by atoms with Crippen molar-refractivity contribution < 1.29 is 9.59 Å². The van der Waals surface area contributed by atoms with Crippen molar-refractivity contribution in [1.82, 2.24) is 5.32 Å². The van der Waals surface area contributed by atoms with Crippen LogP contribution in [0.25, 0.3) is 0 Å². The monoisotopic (exact) mass is 195 g/mol. The van der Waals surface area contributed by atoms with Crippen LogP contribution in [0.15, 0.2) is 24.3 Å². The molecule has 0 fully saturated rings. The van der Waals surface area contributed by atoms with Crippen molar-refractivity contribution in [3.8, 4) is 0 Å². The minimum Gasteiger partial charge on any atom is -0.289 e. The third-order valence-corrected chi connectivity index (χ3v) is 1.77. The van der Waals surface area contributed by atoms with Crippen LogP contribution in [0.2, 0.25) is 0 Å². The highest BCUT2D eigenvalue weighted by molar-refractivity contribution is 6.09. The maximum Gasteiger partial charge on any atom is 0.253 e. The van der Waals surface area contributed by atoms with E-state index in [4.69, 9.17) is 0 Å². The molecule has 0 rings (SSSR count). The molecular weight excluding hydrogens is 178 g/mol. The predicted molar refractivity (Wildman–Crippen MR) is 56.6 cm³/mol. The van der Waals surface area contributed by atoms with Gasteiger partial charge >= 0.3 is 0 Å². The molecule has 0 saturated carbocycles. The van der Waals surface area contributed by atoms with Crippen molar-refractivity contribution in [1.29, 1.82) is 0 Å². The van der Waals surface area contributed by atoms with Crippen LogP contribution in [-0.4, -0.2) is 11.8 Å². The van der Waals surface area contributed by atoms with Crippen LogP contribution in [0.5, 0.6) is 0 Å². The number of carbonyl (C=O) groups is 2. The Morgan fingerprint density at radius 1 is 1.21 bits per heavy atom. The SMILES string of the molecule is C=C(C)C(=O)NC(=O)C(=C)CCCC. The lowest BCUT2D eigenvalue weighted by Crippen LogP contribution is -2.31. The first-order chi connectivity index (χ1) is 6.49. The molecule has 78 valence electrons. The molecule has 0 saturated heterocycles. The molecule has 0 atom stereocenters. The fourth-order valence-corrected chi connectivity index (χ4v) is 0.802. The van der Waals surface area contributed by atoms with Crippen molar-refractivity contribution >= 4 is 11.8 Å². The zero-order chi connectivity index (χ0) is 11.1. The van der Waals surface area contributed by atoms with Crippen molar-refractivity contribution in [2.75, 3.05) is 0 Å². The lowest BCUT2D eigenvalue weighted by Gasteiger charge is -2.05. The number of carbonyl (C=O) groups excluding carboxylic acids is 2. The molecule has 0 aliphatic rings. The second kappa shape index (κ2) is 6.13. The first-order valence-electron chi connectivity index (χ1n) is 4.68. The first-order valence-corrected chi connectivity index (χ1v) is 4.68. The zero-order valence-corrected chi connectivity index (χ0v) is 8.85. The third-order valence-electron chi connectivity index (χ3n) is 1.77. The van der Waals surface area contributed by atoms with E-state index in [2.05, 4.69) is 18.5 Å². The van der Waals surface area contributed by atoms with E-state index in [-0.39, 0.29) is 0 Å². The second-order valence-corrected chi connectivity index (χ2v) is 3.27. The fourth-order valence-electron chi connectivity index (χ4n) is 0.802. The van der Waals surface area contributed by atoms with E-state index in [0.717, 1.165) is 12.8 Å². The molecule has 0 heterocycles. The van der Waals surface area contributed by atoms with Crippen LogP contribution in [0.3, 0.4) is 0 Å². The molecule has 0 aromatic carbocycles. The van der Waals surface area contributed by atoms with Gasteiger partial charge in [-0.05, 0) is 19.8 Å². The topological polar surface area (TPSA) is 46.2 Å². The predicted octanol–water partition coefficient (Wildman–Crippen LogP) is 1.95. The van der Waals surface area contributed by atoms with E-state index in [1.165, 1.54) is 0 Å². The lowest BCUT2D eigenvalue weighted by atomic mass is 10.1. The number of amides is 2. The largest absolute Gasteiger partial charge is 0.289 e. The van der Waals surface area contributed by atoms with Gasteiger partial charge in [-0.2, -0.15) is 0 Å². The molecule has 1 N–H and O–H groups in total. The van der Waals surface area contributed by atoms with Crippen molar-refractivity contribution in [2.24, 2.45) is 0 Å². The quantitative estimate of drug-likeness (QED) is 0.681. The van der Waals surface area contributed by atoms with Crippen molar-refractivity contribution in [3.05, 3.63) is 24.3 Å². The van der Waals surface area contributed by atoms with Gasteiger partial charge in [0.15, 0.2) is 0 Å². The van der Waals surface area contributed by atoms with Crippen LogP contribution in [-0.2, 0) is 9.59 Å². The summed E-state index contributed by atoms with van der Waals surface area (Å²) in [6, 6.07) is 0. The molecule has 0 aliphatic heterocycles. The van der Waals surface area contributed by atoms with E-state index < -0.39 is 11.8 Å². The first kappa shape index (κ1) is 12.6. The minimum absolute atomic E-state index is 0.321. The van der Waals surface area contributed by atoms with Crippen molar-refractivity contribution in [3.63, 3.8) is 0 Å². The van der Waals surface area contributed by atoms with Gasteiger partial charge < -0.3 is 0 Å².